The first-order valence-corrected chi connectivity index (χ1v) is 9.85. The molecule has 2 aromatic carbocycles. The van der Waals surface area contributed by atoms with E-state index in [2.05, 4.69) is 10.3 Å². The molecule has 1 aromatic heterocycles. The molecule has 28 heavy (non-hydrogen) atoms. The van der Waals surface area contributed by atoms with Gasteiger partial charge in [0.15, 0.2) is 0 Å². The van der Waals surface area contributed by atoms with Crippen LogP contribution in [0, 0.1) is 12.7 Å². The number of hydrogen-bond donors (Lipinski definition) is 1. The lowest BCUT2D eigenvalue weighted by atomic mass is 10.2. The average Bonchev–Trinajstić information content (AvgIpc) is 2.69. The van der Waals surface area contributed by atoms with Gasteiger partial charge in [0.25, 0.3) is 0 Å². The van der Waals surface area contributed by atoms with Crippen molar-refractivity contribution in [2.75, 3.05) is 5.32 Å². The van der Waals surface area contributed by atoms with Crippen LogP contribution in [-0.4, -0.2) is 19.3 Å². The van der Waals surface area contributed by atoms with Gasteiger partial charge in [-0.2, -0.15) is 0 Å². The number of aromatic nitrogens is 1. The minimum Gasteiger partial charge on any atom is -0.323 e. The molecule has 3 rings (SSSR count). The van der Waals surface area contributed by atoms with Crippen LogP contribution in [0.1, 0.15) is 11.1 Å². The Hall–Kier alpha value is -3.32. The SMILES string of the molecule is Cc1cc(S(=O)(=O)c2ccc(NC(=O)/C=C/c3cccnc3)cc2)ccc1F. The van der Waals surface area contributed by atoms with Crippen molar-refractivity contribution in [3.05, 3.63) is 90.0 Å². The maximum atomic E-state index is 13.4. The molecule has 0 bridgehead atoms. The predicted octanol–water partition coefficient (Wildman–Crippen LogP) is 4.01. The number of sulfone groups is 1. The maximum absolute atomic E-state index is 13.4. The number of carbonyl (C=O) groups is 1. The van der Waals surface area contributed by atoms with Crippen molar-refractivity contribution in [1.82, 2.24) is 4.98 Å². The number of rotatable bonds is 5. The van der Waals surface area contributed by atoms with Crippen LogP contribution >= 0.6 is 0 Å². The zero-order valence-corrected chi connectivity index (χ0v) is 15.8. The molecule has 0 atom stereocenters. The highest BCUT2D eigenvalue weighted by Crippen LogP contribution is 2.24. The van der Waals surface area contributed by atoms with Gasteiger partial charge in [-0.25, -0.2) is 12.8 Å². The normalized spacial score (nSPS) is 11.5. The van der Waals surface area contributed by atoms with Crippen molar-refractivity contribution < 1.29 is 17.6 Å². The van der Waals surface area contributed by atoms with E-state index in [0.29, 0.717) is 5.69 Å². The van der Waals surface area contributed by atoms with Crippen LogP contribution in [-0.2, 0) is 14.6 Å². The van der Waals surface area contributed by atoms with Gasteiger partial charge in [0, 0.05) is 24.2 Å². The Balaban J connectivity index is 1.73. The Morgan fingerprint density at radius 3 is 2.43 bits per heavy atom. The predicted molar refractivity (Wildman–Crippen MR) is 105 cm³/mol. The molecule has 0 aliphatic carbocycles. The van der Waals surface area contributed by atoms with Gasteiger partial charge in [-0.1, -0.05) is 6.07 Å². The van der Waals surface area contributed by atoms with E-state index in [4.69, 9.17) is 0 Å². The van der Waals surface area contributed by atoms with Gasteiger partial charge in [0.2, 0.25) is 15.7 Å². The van der Waals surface area contributed by atoms with E-state index >= 15 is 0 Å². The molecule has 0 unspecified atom stereocenters. The number of nitrogens with zero attached hydrogens (tertiary/aromatic N) is 1. The Morgan fingerprint density at radius 2 is 1.79 bits per heavy atom. The third kappa shape index (κ3) is 4.50. The topological polar surface area (TPSA) is 76.1 Å². The number of aryl methyl sites for hydroxylation is 1. The summed E-state index contributed by atoms with van der Waals surface area (Å²) in [5, 5.41) is 2.66. The minimum absolute atomic E-state index is 0.0163. The molecule has 5 nitrogen and oxygen atoms in total. The maximum Gasteiger partial charge on any atom is 0.248 e. The first kappa shape index (κ1) is 19.4. The summed E-state index contributed by atoms with van der Waals surface area (Å²) in [4.78, 5) is 16.0. The van der Waals surface area contributed by atoms with Crippen molar-refractivity contribution in [1.29, 1.82) is 0 Å². The molecule has 0 aliphatic rings. The summed E-state index contributed by atoms with van der Waals surface area (Å²) >= 11 is 0. The van der Waals surface area contributed by atoms with Crippen LogP contribution in [0.5, 0.6) is 0 Å². The largest absolute Gasteiger partial charge is 0.323 e. The number of benzene rings is 2. The van der Waals surface area contributed by atoms with Crippen molar-refractivity contribution >= 4 is 27.5 Å². The molecule has 3 aromatic rings. The molecule has 7 heteroatoms. The molecule has 0 radical (unpaired) electrons. The Kier molecular flexibility index (Phi) is 5.65. The summed E-state index contributed by atoms with van der Waals surface area (Å²) in [6.45, 7) is 1.51. The fourth-order valence-corrected chi connectivity index (χ4v) is 3.81. The van der Waals surface area contributed by atoms with E-state index in [-0.39, 0.29) is 21.3 Å². The van der Waals surface area contributed by atoms with Crippen molar-refractivity contribution in [2.24, 2.45) is 0 Å². The van der Waals surface area contributed by atoms with Crippen LogP contribution in [0.2, 0.25) is 0 Å². The van der Waals surface area contributed by atoms with E-state index in [1.165, 1.54) is 49.4 Å². The Morgan fingerprint density at radius 1 is 1.07 bits per heavy atom. The fourth-order valence-electron chi connectivity index (χ4n) is 2.47. The van der Waals surface area contributed by atoms with E-state index in [1.54, 1.807) is 24.5 Å². The standard InChI is InChI=1S/C21H17FN2O3S/c1-15-13-19(9-10-20(15)22)28(26,27)18-7-5-17(6-8-18)24-21(25)11-4-16-3-2-12-23-14-16/h2-14H,1H3,(H,24,25)/b11-4+. The first-order chi connectivity index (χ1) is 13.4. The second kappa shape index (κ2) is 8.14. The summed E-state index contributed by atoms with van der Waals surface area (Å²) < 4.78 is 38.7. The third-order valence-corrected chi connectivity index (χ3v) is 5.75. The molecule has 0 fully saturated rings. The van der Waals surface area contributed by atoms with E-state index in [0.717, 1.165) is 11.6 Å². The number of amides is 1. The van der Waals surface area contributed by atoms with Gasteiger partial charge >= 0.3 is 0 Å². The minimum atomic E-state index is -3.77. The zero-order chi connectivity index (χ0) is 20.1. The second-order valence-corrected chi connectivity index (χ2v) is 8.00. The molecule has 1 heterocycles. The number of halogens is 1. The number of hydrogen-bond acceptors (Lipinski definition) is 4. The average molecular weight is 396 g/mol. The van der Waals surface area contributed by atoms with Crippen LogP contribution in [0.25, 0.3) is 6.08 Å². The van der Waals surface area contributed by atoms with Crippen molar-refractivity contribution in [3.8, 4) is 0 Å². The lowest BCUT2D eigenvalue weighted by molar-refractivity contribution is -0.111. The highest BCUT2D eigenvalue weighted by molar-refractivity contribution is 7.91. The molecule has 0 aliphatic heterocycles. The second-order valence-electron chi connectivity index (χ2n) is 6.05. The summed E-state index contributed by atoms with van der Waals surface area (Å²) in [5.41, 5.74) is 1.49. The van der Waals surface area contributed by atoms with Crippen LogP contribution in [0.3, 0.4) is 0 Å². The zero-order valence-electron chi connectivity index (χ0n) is 15.0. The number of nitrogens with one attached hydrogen (secondary N) is 1. The first-order valence-electron chi connectivity index (χ1n) is 8.37. The Labute approximate surface area is 162 Å². The van der Waals surface area contributed by atoms with E-state index < -0.39 is 15.7 Å². The summed E-state index contributed by atoms with van der Waals surface area (Å²) in [5.74, 6) is -0.815. The fraction of sp³-hybridized carbons (Fsp3) is 0.0476. The quantitative estimate of drug-likeness (QED) is 0.522. The lowest BCUT2D eigenvalue weighted by Crippen LogP contribution is -2.08. The smallest absolute Gasteiger partial charge is 0.248 e. The molecule has 1 N–H and O–H groups in total. The lowest BCUT2D eigenvalue weighted by Gasteiger charge is -2.08. The molecule has 0 saturated carbocycles. The van der Waals surface area contributed by atoms with Crippen molar-refractivity contribution in [2.45, 2.75) is 16.7 Å². The molecule has 0 saturated heterocycles. The highest BCUT2D eigenvalue weighted by atomic mass is 32.2. The van der Waals surface area contributed by atoms with Gasteiger partial charge < -0.3 is 5.32 Å². The van der Waals surface area contributed by atoms with Gasteiger partial charge in [-0.05, 0) is 72.7 Å². The summed E-state index contributed by atoms with van der Waals surface area (Å²) in [7, 11) is -3.77. The summed E-state index contributed by atoms with van der Waals surface area (Å²) in [6, 6.07) is 13.0. The third-order valence-electron chi connectivity index (χ3n) is 3.98. The van der Waals surface area contributed by atoms with E-state index in [9.17, 15) is 17.6 Å². The van der Waals surface area contributed by atoms with Crippen LogP contribution in [0.4, 0.5) is 10.1 Å². The number of pyridine rings is 1. The molecule has 0 spiro atoms. The van der Waals surface area contributed by atoms with Gasteiger partial charge in [-0.3, -0.25) is 9.78 Å². The molecular weight excluding hydrogens is 379 g/mol. The van der Waals surface area contributed by atoms with E-state index in [1.807, 2.05) is 6.07 Å². The highest BCUT2D eigenvalue weighted by Gasteiger charge is 2.18. The van der Waals surface area contributed by atoms with Crippen LogP contribution in [0.15, 0.2) is 82.9 Å². The molecule has 1 amide bonds. The van der Waals surface area contributed by atoms with Gasteiger partial charge in [-0.15, -0.1) is 0 Å². The number of anilines is 1. The van der Waals surface area contributed by atoms with Gasteiger partial charge in [0.1, 0.15) is 5.82 Å². The van der Waals surface area contributed by atoms with Crippen LogP contribution < -0.4 is 5.32 Å². The molecule has 142 valence electrons. The van der Waals surface area contributed by atoms with Gasteiger partial charge in [0.05, 0.1) is 9.79 Å². The monoisotopic (exact) mass is 396 g/mol. The molecular formula is C21H17FN2O3S. The van der Waals surface area contributed by atoms with Crippen molar-refractivity contribution in [3.63, 3.8) is 0 Å². The Bertz CT molecular complexity index is 1130. The number of carbonyl (C=O) groups excluding carboxylic acids is 1. The summed E-state index contributed by atoms with van der Waals surface area (Å²) in [6.07, 6.45) is 6.25.